The Labute approximate surface area is 91.6 Å². The van der Waals surface area contributed by atoms with Crippen molar-refractivity contribution in [1.29, 1.82) is 0 Å². The van der Waals surface area contributed by atoms with Crippen molar-refractivity contribution in [3.05, 3.63) is 34.1 Å². The van der Waals surface area contributed by atoms with E-state index in [-0.39, 0.29) is 11.9 Å². The maximum Gasteiger partial charge on any atom is 0.137 e. The fourth-order valence-electron chi connectivity index (χ4n) is 1.30. The van der Waals surface area contributed by atoms with Gasteiger partial charge in [-0.3, -0.25) is 0 Å². The Kier molecular flexibility index (Phi) is 4.51. The van der Waals surface area contributed by atoms with Crippen LogP contribution >= 0.6 is 15.9 Å². The highest BCUT2D eigenvalue weighted by atomic mass is 79.9. The molecule has 0 aliphatic heterocycles. The van der Waals surface area contributed by atoms with Crippen LogP contribution in [0.4, 0.5) is 4.39 Å². The molecule has 0 heterocycles. The van der Waals surface area contributed by atoms with Crippen LogP contribution < -0.4 is 11.5 Å². The van der Waals surface area contributed by atoms with Crippen LogP contribution in [0.25, 0.3) is 0 Å². The van der Waals surface area contributed by atoms with E-state index in [4.69, 9.17) is 11.5 Å². The van der Waals surface area contributed by atoms with Gasteiger partial charge in [-0.25, -0.2) is 4.39 Å². The van der Waals surface area contributed by atoms with Crippen LogP contribution in [0.3, 0.4) is 0 Å². The second-order valence-electron chi connectivity index (χ2n) is 3.18. The standard InChI is InChI=1S/C10H14BrFN2/c11-10-7(3-1-4-8(10)12)9(14)5-2-6-13/h1,3-4,9H,2,5-6,13-14H2/t9-/m1/s1. The minimum atomic E-state index is -0.273. The van der Waals surface area contributed by atoms with Crippen molar-refractivity contribution in [2.75, 3.05) is 6.54 Å². The minimum Gasteiger partial charge on any atom is -0.330 e. The lowest BCUT2D eigenvalue weighted by Crippen LogP contribution is -2.13. The second kappa shape index (κ2) is 5.44. The van der Waals surface area contributed by atoms with Crippen LogP contribution in [0.5, 0.6) is 0 Å². The van der Waals surface area contributed by atoms with E-state index < -0.39 is 0 Å². The summed E-state index contributed by atoms with van der Waals surface area (Å²) in [5.74, 6) is -0.273. The van der Waals surface area contributed by atoms with E-state index in [9.17, 15) is 4.39 Å². The van der Waals surface area contributed by atoms with Gasteiger partial charge in [0, 0.05) is 6.04 Å². The van der Waals surface area contributed by atoms with Crippen LogP contribution in [-0.4, -0.2) is 6.54 Å². The van der Waals surface area contributed by atoms with E-state index in [1.165, 1.54) is 6.07 Å². The number of rotatable bonds is 4. The SMILES string of the molecule is NCCC[C@@H](N)c1cccc(F)c1Br. The number of halogens is 2. The zero-order valence-corrected chi connectivity index (χ0v) is 9.43. The molecular weight excluding hydrogens is 247 g/mol. The van der Waals surface area contributed by atoms with Crippen molar-refractivity contribution in [2.45, 2.75) is 18.9 Å². The summed E-state index contributed by atoms with van der Waals surface area (Å²) in [4.78, 5) is 0. The molecule has 0 fully saturated rings. The van der Waals surface area contributed by atoms with Gasteiger partial charge in [-0.05, 0) is 46.9 Å². The maximum absolute atomic E-state index is 13.1. The summed E-state index contributed by atoms with van der Waals surface area (Å²) in [6.45, 7) is 0.612. The molecule has 0 spiro atoms. The Bertz CT molecular complexity index is 304. The van der Waals surface area contributed by atoms with E-state index in [2.05, 4.69) is 15.9 Å². The molecule has 14 heavy (non-hydrogen) atoms. The highest BCUT2D eigenvalue weighted by molar-refractivity contribution is 9.10. The highest BCUT2D eigenvalue weighted by Crippen LogP contribution is 2.26. The lowest BCUT2D eigenvalue weighted by molar-refractivity contribution is 0.590. The van der Waals surface area contributed by atoms with Gasteiger partial charge in [-0.2, -0.15) is 0 Å². The first-order valence-corrected chi connectivity index (χ1v) is 5.35. The van der Waals surface area contributed by atoms with Crippen molar-refractivity contribution in [3.63, 3.8) is 0 Å². The smallest absolute Gasteiger partial charge is 0.137 e. The first kappa shape index (κ1) is 11.6. The van der Waals surface area contributed by atoms with Crippen molar-refractivity contribution in [3.8, 4) is 0 Å². The van der Waals surface area contributed by atoms with Gasteiger partial charge in [0.2, 0.25) is 0 Å². The normalized spacial score (nSPS) is 12.9. The third kappa shape index (κ3) is 2.77. The van der Waals surface area contributed by atoms with Gasteiger partial charge in [0.25, 0.3) is 0 Å². The molecule has 0 unspecified atom stereocenters. The molecule has 0 saturated heterocycles. The molecule has 1 aromatic rings. The zero-order valence-electron chi connectivity index (χ0n) is 7.84. The van der Waals surface area contributed by atoms with Crippen LogP contribution in [0.1, 0.15) is 24.4 Å². The van der Waals surface area contributed by atoms with Gasteiger partial charge in [0.1, 0.15) is 5.82 Å². The predicted octanol–water partition coefficient (Wildman–Crippen LogP) is 2.33. The monoisotopic (exact) mass is 260 g/mol. The molecule has 0 saturated carbocycles. The average Bonchev–Trinajstić information content (AvgIpc) is 2.18. The molecule has 4 heteroatoms. The summed E-state index contributed by atoms with van der Waals surface area (Å²) in [7, 11) is 0. The molecule has 1 aromatic carbocycles. The molecule has 2 nitrogen and oxygen atoms in total. The van der Waals surface area contributed by atoms with Gasteiger partial charge in [-0.1, -0.05) is 12.1 Å². The van der Waals surface area contributed by atoms with Crippen molar-refractivity contribution < 1.29 is 4.39 Å². The largest absolute Gasteiger partial charge is 0.330 e. The lowest BCUT2D eigenvalue weighted by Gasteiger charge is -2.13. The Morgan fingerprint density at radius 2 is 2.14 bits per heavy atom. The Morgan fingerprint density at radius 1 is 1.43 bits per heavy atom. The lowest BCUT2D eigenvalue weighted by atomic mass is 10.0. The van der Waals surface area contributed by atoms with Gasteiger partial charge in [0.05, 0.1) is 4.47 Å². The second-order valence-corrected chi connectivity index (χ2v) is 3.97. The number of benzene rings is 1. The predicted molar refractivity (Wildman–Crippen MR) is 59.3 cm³/mol. The van der Waals surface area contributed by atoms with Gasteiger partial charge < -0.3 is 11.5 Å². The summed E-state index contributed by atoms with van der Waals surface area (Å²) >= 11 is 3.19. The Hall–Kier alpha value is -0.450. The van der Waals surface area contributed by atoms with E-state index in [1.807, 2.05) is 6.07 Å². The topological polar surface area (TPSA) is 52.0 Å². The highest BCUT2D eigenvalue weighted by Gasteiger charge is 2.11. The maximum atomic E-state index is 13.1. The summed E-state index contributed by atoms with van der Waals surface area (Å²) < 4.78 is 13.6. The van der Waals surface area contributed by atoms with Crippen molar-refractivity contribution >= 4 is 15.9 Å². The molecule has 78 valence electrons. The van der Waals surface area contributed by atoms with E-state index in [1.54, 1.807) is 6.07 Å². The molecule has 0 radical (unpaired) electrons. The Morgan fingerprint density at radius 3 is 2.79 bits per heavy atom. The van der Waals surface area contributed by atoms with E-state index >= 15 is 0 Å². The molecule has 4 N–H and O–H groups in total. The molecule has 0 aliphatic rings. The quantitative estimate of drug-likeness (QED) is 0.873. The number of nitrogens with two attached hydrogens (primary N) is 2. The summed E-state index contributed by atoms with van der Waals surface area (Å²) in [5.41, 5.74) is 12.1. The summed E-state index contributed by atoms with van der Waals surface area (Å²) in [5, 5.41) is 0. The molecule has 1 atom stereocenters. The fourth-order valence-corrected chi connectivity index (χ4v) is 1.86. The van der Waals surface area contributed by atoms with Crippen LogP contribution in [0, 0.1) is 5.82 Å². The van der Waals surface area contributed by atoms with Crippen LogP contribution in [0.15, 0.2) is 22.7 Å². The van der Waals surface area contributed by atoms with Gasteiger partial charge >= 0.3 is 0 Å². The average molecular weight is 261 g/mol. The zero-order chi connectivity index (χ0) is 10.6. The molecule has 0 aliphatic carbocycles. The first-order chi connectivity index (χ1) is 6.66. The molecule has 1 rings (SSSR count). The van der Waals surface area contributed by atoms with Gasteiger partial charge in [0.15, 0.2) is 0 Å². The molecule has 0 amide bonds. The number of hydrogen-bond acceptors (Lipinski definition) is 2. The molecule has 0 bridgehead atoms. The van der Waals surface area contributed by atoms with E-state index in [0.717, 1.165) is 18.4 Å². The van der Waals surface area contributed by atoms with Crippen LogP contribution in [0.2, 0.25) is 0 Å². The minimum absolute atomic E-state index is 0.149. The Balaban J connectivity index is 2.79. The van der Waals surface area contributed by atoms with E-state index in [0.29, 0.717) is 11.0 Å². The number of hydrogen-bond donors (Lipinski definition) is 2. The van der Waals surface area contributed by atoms with Crippen LogP contribution in [-0.2, 0) is 0 Å². The summed E-state index contributed by atoms with van der Waals surface area (Å²) in [6, 6.07) is 4.75. The fraction of sp³-hybridized carbons (Fsp3) is 0.400. The first-order valence-electron chi connectivity index (χ1n) is 4.56. The molecular formula is C10H14BrFN2. The third-order valence-corrected chi connectivity index (χ3v) is 2.94. The molecule has 0 aromatic heterocycles. The van der Waals surface area contributed by atoms with Crippen molar-refractivity contribution in [2.24, 2.45) is 11.5 Å². The summed E-state index contributed by atoms with van der Waals surface area (Å²) in [6.07, 6.45) is 1.63. The van der Waals surface area contributed by atoms with Gasteiger partial charge in [-0.15, -0.1) is 0 Å². The third-order valence-electron chi connectivity index (χ3n) is 2.10. The van der Waals surface area contributed by atoms with Crippen molar-refractivity contribution in [1.82, 2.24) is 0 Å².